The van der Waals surface area contributed by atoms with Crippen LogP contribution in [0.15, 0.2) is 48.5 Å². The molecule has 2 aromatic rings. The molecular weight excluding hydrogens is 380 g/mol. The Morgan fingerprint density at radius 2 is 1.28 bits per heavy atom. The molecule has 0 radical (unpaired) electrons. The summed E-state index contributed by atoms with van der Waals surface area (Å²) < 4.78 is 0. The standard InChI is InChI=1S/C12H14N2.C7H4ClN.C5H11N/c13-10-11-6-2-3-7-12(11)14-8-4-1-5-9-14;8-7-4-2-1-3-6(7)5-9;1-2-4-6-5-3-1/h2-3,6-7H,1,4-5,8-9H2;1-4H;6H,1-5H2. The Kier molecular flexibility index (Phi) is 10.7. The minimum Gasteiger partial charge on any atom is -0.370 e. The van der Waals surface area contributed by atoms with Crippen LogP contribution in [-0.2, 0) is 0 Å². The zero-order valence-corrected chi connectivity index (χ0v) is 17.7. The first-order valence-corrected chi connectivity index (χ1v) is 10.7. The van der Waals surface area contributed by atoms with Crippen LogP contribution >= 0.6 is 11.6 Å². The first-order valence-electron chi connectivity index (χ1n) is 10.4. The van der Waals surface area contributed by atoms with Gasteiger partial charge in [0, 0.05) is 13.1 Å². The minimum atomic E-state index is 0.514. The van der Waals surface area contributed by atoms with Crippen molar-refractivity contribution < 1.29 is 0 Å². The maximum Gasteiger partial charge on any atom is 0.101 e. The summed E-state index contributed by atoms with van der Waals surface area (Å²) >= 11 is 5.60. The van der Waals surface area contributed by atoms with Gasteiger partial charge in [-0.05, 0) is 69.5 Å². The van der Waals surface area contributed by atoms with E-state index in [1.807, 2.05) is 30.3 Å². The van der Waals surface area contributed by atoms with E-state index in [1.165, 1.54) is 51.6 Å². The van der Waals surface area contributed by atoms with Crippen molar-refractivity contribution in [2.75, 3.05) is 31.1 Å². The summed E-state index contributed by atoms with van der Waals surface area (Å²) in [5.74, 6) is 0. The van der Waals surface area contributed by atoms with Gasteiger partial charge in [0.15, 0.2) is 0 Å². The third-order valence-corrected chi connectivity index (χ3v) is 5.25. The van der Waals surface area contributed by atoms with Gasteiger partial charge in [-0.25, -0.2) is 0 Å². The predicted octanol–water partition coefficient (Wildman–Crippen LogP) is 5.52. The van der Waals surface area contributed by atoms with Crippen LogP contribution in [0.3, 0.4) is 0 Å². The third-order valence-electron chi connectivity index (χ3n) is 4.92. The van der Waals surface area contributed by atoms with Crippen LogP contribution in [-0.4, -0.2) is 26.2 Å². The molecule has 0 bridgehead atoms. The van der Waals surface area contributed by atoms with Gasteiger partial charge >= 0.3 is 0 Å². The third kappa shape index (κ3) is 8.16. The smallest absolute Gasteiger partial charge is 0.101 e. The molecule has 0 aromatic heterocycles. The van der Waals surface area contributed by atoms with Crippen LogP contribution in [0.25, 0.3) is 0 Å². The van der Waals surface area contributed by atoms with Crippen LogP contribution in [0.5, 0.6) is 0 Å². The van der Waals surface area contributed by atoms with Gasteiger partial charge in [0.2, 0.25) is 0 Å². The van der Waals surface area contributed by atoms with Crippen molar-refractivity contribution in [3.8, 4) is 12.1 Å². The highest BCUT2D eigenvalue weighted by molar-refractivity contribution is 6.31. The maximum absolute atomic E-state index is 8.97. The summed E-state index contributed by atoms with van der Waals surface area (Å²) in [7, 11) is 0. The Morgan fingerprint density at radius 1 is 0.724 bits per heavy atom. The van der Waals surface area contributed by atoms with Gasteiger partial charge in [0.05, 0.1) is 21.8 Å². The van der Waals surface area contributed by atoms with Gasteiger partial charge in [0.1, 0.15) is 12.1 Å². The first-order chi connectivity index (χ1) is 14.3. The molecule has 2 aliphatic rings. The molecule has 4 rings (SSSR count). The van der Waals surface area contributed by atoms with E-state index >= 15 is 0 Å². The Morgan fingerprint density at radius 3 is 1.76 bits per heavy atom. The largest absolute Gasteiger partial charge is 0.370 e. The Balaban J connectivity index is 0.000000171. The zero-order chi connectivity index (χ0) is 20.7. The van der Waals surface area contributed by atoms with Gasteiger partial charge in [-0.15, -0.1) is 0 Å². The molecule has 0 spiro atoms. The van der Waals surface area contributed by atoms with Crippen molar-refractivity contribution in [3.63, 3.8) is 0 Å². The lowest BCUT2D eigenvalue weighted by atomic mass is 10.1. The van der Waals surface area contributed by atoms with Gasteiger partial charge in [0.25, 0.3) is 0 Å². The molecular formula is C24H29ClN4. The number of nitrogens with one attached hydrogen (secondary N) is 1. The molecule has 2 saturated heterocycles. The number of para-hydroxylation sites is 1. The van der Waals surface area contributed by atoms with Gasteiger partial charge < -0.3 is 10.2 Å². The first kappa shape index (κ1) is 22.8. The summed E-state index contributed by atoms with van der Waals surface area (Å²) in [5.41, 5.74) is 2.43. The highest BCUT2D eigenvalue weighted by Gasteiger charge is 2.13. The SMILES string of the molecule is C1CCNCC1.N#Cc1ccccc1Cl.N#Cc1ccccc1N1CCCCC1. The summed E-state index contributed by atoms with van der Waals surface area (Å²) in [5, 5.41) is 21.2. The average Bonchev–Trinajstić information content (AvgIpc) is 2.82. The number of rotatable bonds is 1. The lowest BCUT2D eigenvalue weighted by Gasteiger charge is -2.29. The second-order valence-corrected chi connectivity index (χ2v) is 7.49. The van der Waals surface area contributed by atoms with E-state index in [0.29, 0.717) is 10.6 Å². The van der Waals surface area contributed by atoms with E-state index in [4.69, 9.17) is 22.1 Å². The van der Waals surface area contributed by atoms with E-state index in [1.54, 1.807) is 24.3 Å². The normalized spacial score (nSPS) is 15.5. The number of benzene rings is 2. The fourth-order valence-corrected chi connectivity index (χ4v) is 3.51. The fraction of sp³-hybridized carbons (Fsp3) is 0.417. The molecule has 0 atom stereocenters. The van der Waals surface area contributed by atoms with Crippen molar-refractivity contribution in [3.05, 3.63) is 64.7 Å². The number of anilines is 1. The van der Waals surface area contributed by atoms with Crippen LogP contribution in [0.1, 0.15) is 49.7 Å². The fourth-order valence-electron chi connectivity index (χ4n) is 3.33. The number of halogens is 1. The molecule has 5 heteroatoms. The molecule has 29 heavy (non-hydrogen) atoms. The Bertz CT molecular complexity index is 801. The highest BCUT2D eigenvalue weighted by atomic mass is 35.5. The summed E-state index contributed by atoms with van der Waals surface area (Å²) in [4.78, 5) is 2.32. The quantitative estimate of drug-likeness (QED) is 0.674. The van der Waals surface area contributed by atoms with Crippen molar-refractivity contribution in [1.29, 1.82) is 10.5 Å². The monoisotopic (exact) mass is 408 g/mol. The Hall–Kier alpha value is -2.53. The van der Waals surface area contributed by atoms with Crippen molar-refractivity contribution >= 4 is 17.3 Å². The number of nitrogens with zero attached hydrogens (tertiary/aromatic N) is 3. The second kappa shape index (κ2) is 13.6. The molecule has 0 amide bonds. The summed E-state index contributed by atoms with van der Waals surface area (Å²) in [6, 6.07) is 19.0. The van der Waals surface area contributed by atoms with Gasteiger partial charge in [-0.1, -0.05) is 42.3 Å². The second-order valence-electron chi connectivity index (χ2n) is 7.08. The Labute approximate surface area is 179 Å². The van der Waals surface area contributed by atoms with Crippen molar-refractivity contribution in [2.45, 2.75) is 38.5 Å². The van der Waals surface area contributed by atoms with Crippen LogP contribution in [0.4, 0.5) is 5.69 Å². The molecule has 0 saturated carbocycles. The number of nitriles is 2. The number of hydrogen-bond donors (Lipinski definition) is 1. The molecule has 4 nitrogen and oxygen atoms in total. The molecule has 2 heterocycles. The average molecular weight is 409 g/mol. The molecule has 2 aliphatic heterocycles. The maximum atomic E-state index is 8.97. The van der Waals surface area contributed by atoms with E-state index in [-0.39, 0.29) is 0 Å². The number of piperidine rings is 2. The minimum absolute atomic E-state index is 0.514. The zero-order valence-electron chi connectivity index (χ0n) is 16.9. The number of hydrogen-bond acceptors (Lipinski definition) is 4. The predicted molar refractivity (Wildman–Crippen MR) is 120 cm³/mol. The van der Waals surface area contributed by atoms with Crippen molar-refractivity contribution in [2.24, 2.45) is 0 Å². The van der Waals surface area contributed by atoms with Crippen LogP contribution < -0.4 is 10.2 Å². The summed E-state index contributed by atoms with van der Waals surface area (Å²) in [6.07, 6.45) is 8.04. The lowest BCUT2D eigenvalue weighted by molar-refractivity contribution is 0.520. The van der Waals surface area contributed by atoms with Gasteiger partial charge in [-0.2, -0.15) is 10.5 Å². The van der Waals surface area contributed by atoms with E-state index < -0.39 is 0 Å². The molecule has 2 fully saturated rings. The van der Waals surface area contributed by atoms with E-state index in [0.717, 1.165) is 24.3 Å². The molecule has 152 valence electrons. The molecule has 2 aromatic carbocycles. The topological polar surface area (TPSA) is 62.9 Å². The van der Waals surface area contributed by atoms with Crippen molar-refractivity contribution in [1.82, 2.24) is 5.32 Å². The summed E-state index contributed by atoms with van der Waals surface area (Å²) in [6.45, 7) is 4.69. The highest BCUT2D eigenvalue weighted by Crippen LogP contribution is 2.23. The van der Waals surface area contributed by atoms with Crippen LogP contribution in [0.2, 0.25) is 5.02 Å². The molecule has 1 N–H and O–H groups in total. The van der Waals surface area contributed by atoms with E-state index in [2.05, 4.69) is 16.3 Å². The van der Waals surface area contributed by atoms with Gasteiger partial charge in [-0.3, -0.25) is 0 Å². The van der Waals surface area contributed by atoms with Crippen LogP contribution in [0, 0.1) is 22.7 Å². The van der Waals surface area contributed by atoms with E-state index in [9.17, 15) is 0 Å². The molecule has 0 aliphatic carbocycles. The molecule has 0 unspecified atom stereocenters. The lowest BCUT2D eigenvalue weighted by Crippen LogP contribution is -2.29.